The van der Waals surface area contributed by atoms with Crippen molar-refractivity contribution in [2.24, 2.45) is 0 Å². The summed E-state index contributed by atoms with van der Waals surface area (Å²) in [5.41, 5.74) is 0.566. The predicted molar refractivity (Wildman–Crippen MR) is 61.3 cm³/mol. The van der Waals surface area contributed by atoms with Crippen LogP contribution >= 0.6 is 11.6 Å². The minimum Gasteiger partial charge on any atom is -0.453 e. The van der Waals surface area contributed by atoms with Gasteiger partial charge in [-0.15, -0.1) is 0 Å². The Morgan fingerprint density at radius 2 is 2.12 bits per heavy atom. The lowest BCUT2D eigenvalue weighted by atomic mass is 10.3. The van der Waals surface area contributed by atoms with E-state index in [9.17, 15) is 9.59 Å². The lowest BCUT2D eigenvalue weighted by molar-refractivity contribution is -0.150. The SMILES string of the molecule is CC(=O)O[C@@H](C)C(=O)Nc1cccc(Cl)c1. The number of carbonyl (C=O) groups excluding carboxylic acids is 2. The van der Waals surface area contributed by atoms with Gasteiger partial charge in [0.2, 0.25) is 0 Å². The molecule has 5 heteroatoms. The molecule has 1 aromatic carbocycles. The zero-order chi connectivity index (χ0) is 12.1. The number of ether oxygens (including phenoxy) is 1. The van der Waals surface area contributed by atoms with Crippen molar-refractivity contribution in [1.29, 1.82) is 0 Å². The van der Waals surface area contributed by atoms with Gasteiger partial charge in [0.25, 0.3) is 5.91 Å². The first-order chi connectivity index (χ1) is 7.49. The van der Waals surface area contributed by atoms with Crippen LogP contribution in [-0.2, 0) is 14.3 Å². The molecule has 0 heterocycles. The van der Waals surface area contributed by atoms with E-state index < -0.39 is 18.0 Å². The van der Waals surface area contributed by atoms with Gasteiger partial charge in [-0.1, -0.05) is 17.7 Å². The van der Waals surface area contributed by atoms with E-state index in [1.165, 1.54) is 13.8 Å². The van der Waals surface area contributed by atoms with Gasteiger partial charge in [-0.2, -0.15) is 0 Å². The maximum absolute atomic E-state index is 11.5. The van der Waals surface area contributed by atoms with Crippen molar-refractivity contribution in [2.45, 2.75) is 20.0 Å². The Hall–Kier alpha value is -1.55. The van der Waals surface area contributed by atoms with Gasteiger partial charge in [0, 0.05) is 17.6 Å². The van der Waals surface area contributed by atoms with E-state index in [-0.39, 0.29) is 0 Å². The standard InChI is InChI=1S/C11H12ClNO3/c1-7(16-8(2)14)11(15)13-10-5-3-4-9(12)6-10/h3-7H,1-2H3,(H,13,15)/t7-/m0/s1. The number of anilines is 1. The molecule has 86 valence electrons. The number of hydrogen-bond donors (Lipinski definition) is 1. The van der Waals surface area contributed by atoms with Crippen LogP contribution in [0.5, 0.6) is 0 Å². The summed E-state index contributed by atoms with van der Waals surface area (Å²) >= 11 is 5.76. The van der Waals surface area contributed by atoms with E-state index >= 15 is 0 Å². The summed E-state index contributed by atoms with van der Waals surface area (Å²) in [6, 6.07) is 6.73. The molecule has 0 fully saturated rings. The Balaban J connectivity index is 2.60. The molecule has 0 radical (unpaired) electrons. The molecule has 0 aliphatic carbocycles. The molecule has 1 N–H and O–H groups in total. The molecule has 1 aromatic rings. The highest BCUT2D eigenvalue weighted by molar-refractivity contribution is 6.30. The minimum atomic E-state index is -0.823. The molecular formula is C11H12ClNO3. The van der Waals surface area contributed by atoms with Crippen LogP contribution in [0.25, 0.3) is 0 Å². The predicted octanol–water partition coefficient (Wildman–Crippen LogP) is 2.23. The molecule has 1 atom stereocenters. The fraction of sp³-hybridized carbons (Fsp3) is 0.273. The van der Waals surface area contributed by atoms with Crippen molar-refractivity contribution in [3.63, 3.8) is 0 Å². The molecule has 16 heavy (non-hydrogen) atoms. The second-order valence-corrected chi connectivity index (χ2v) is 3.69. The van der Waals surface area contributed by atoms with Crippen LogP contribution in [0.3, 0.4) is 0 Å². The number of rotatable bonds is 3. The zero-order valence-corrected chi connectivity index (χ0v) is 9.75. The van der Waals surface area contributed by atoms with Crippen molar-refractivity contribution in [2.75, 3.05) is 5.32 Å². The summed E-state index contributed by atoms with van der Waals surface area (Å²) in [6.45, 7) is 2.75. The topological polar surface area (TPSA) is 55.4 Å². The molecule has 1 amide bonds. The number of esters is 1. The van der Waals surface area contributed by atoms with E-state index in [1.54, 1.807) is 24.3 Å². The third-order valence-electron chi connectivity index (χ3n) is 1.80. The molecule has 0 saturated heterocycles. The van der Waals surface area contributed by atoms with Gasteiger partial charge in [0.1, 0.15) is 0 Å². The first-order valence-electron chi connectivity index (χ1n) is 4.72. The quantitative estimate of drug-likeness (QED) is 0.826. The van der Waals surface area contributed by atoms with Crippen LogP contribution in [-0.4, -0.2) is 18.0 Å². The number of nitrogens with one attached hydrogen (secondary N) is 1. The van der Waals surface area contributed by atoms with Crippen LogP contribution in [0.2, 0.25) is 5.02 Å². The minimum absolute atomic E-state index is 0.391. The molecule has 0 bridgehead atoms. The van der Waals surface area contributed by atoms with Crippen LogP contribution in [0.4, 0.5) is 5.69 Å². The second-order valence-electron chi connectivity index (χ2n) is 3.25. The molecule has 1 rings (SSSR count). The number of carbonyl (C=O) groups is 2. The number of halogens is 1. The van der Waals surface area contributed by atoms with Crippen molar-refractivity contribution in [1.82, 2.24) is 0 Å². The van der Waals surface area contributed by atoms with Crippen LogP contribution in [0.15, 0.2) is 24.3 Å². The molecular weight excluding hydrogens is 230 g/mol. The normalized spacial score (nSPS) is 11.7. The molecule has 0 unspecified atom stereocenters. The van der Waals surface area contributed by atoms with Crippen LogP contribution < -0.4 is 5.32 Å². The lowest BCUT2D eigenvalue weighted by Gasteiger charge is -2.12. The Labute approximate surface area is 98.5 Å². The first kappa shape index (κ1) is 12.5. The van der Waals surface area contributed by atoms with E-state index in [0.717, 1.165) is 0 Å². The Bertz CT molecular complexity index is 406. The van der Waals surface area contributed by atoms with E-state index in [0.29, 0.717) is 10.7 Å². The van der Waals surface area contributed by atoms with Crippen molar-refractivity contribution < 1.29 is 14.3 Å². The van der Waals surface area contributed by atoms with Gasteiger partial charge in [-0.3, -0.25) is 9.59 Å². The molecule has 0 aliphatic rings. The van der Waals surface area contributed by atoms with Gasteiger partial charge in [-0.25, -0.2) is 0 Å². The molecule has 0 aromatic heterocycles. The largest absolute Gasteiger partial charge is 0.453 e. The van der Waals surface area contributed by atoms with Gasteiger partial charge < -0.3 is 10.1 Å². The summed E-state index contributed by atoms with van der Waals surface area (Å²) < 4.78 is 4.73. The molecule has 0 spiro atoms. The monoisotopic (exact) mass is 241 g/mol. The average Bonchev–Trinajstić information content (AvgIpc) is 2.16. The van der Waals surface area contributed by atoms with Gasteiger partial charge in [0.05, 0.1) is 0 Å². The maximum Gasteiger partial charge on any atom is 0.303 e. The fourth-order valence-electron chi connectivity index (χ4n) is 1.11. The number of amides is 1. The molecule has 0 saturated carbocycles. The summed E-state index contributed by atoms with van der Waals surface area (Å²) in [7, 11) is 0. The van der Waals surface area contributed by atoms with Gasteiger partial charge >= 0.3 is 5.97 Å². The van der Waals surface area contributed by atoms with E-state index in [4.69, 9.17) is 16.3 Å². The second kappa shape index (κ2) is 5.51. The van der Waals surface area contributed by atoms with Crippen LogP contribution in [0, 0.1) is 0 Å². The van der Waals surface area contributed by atoms with Crippen molar-refractivity contribution in [3.8, 4) is 0 Å². The highest BCUT2D eigenvalue weighted by Gasteiger charge is 2.15. The lowest BCUT2D eigenvalue weighted by Crippen LogP contribution is -2.29. The van der Waals surface area contributed by atoms with E-state index in [1.807, 2.05) is 0 Å². The zero-order valence-electron chi connectivity index (χ0n) is 8.99. The van der Waals surface area contributed by atoms with Crippen molar-refractivity contribution in [3.05, 3.63) is 29.3 Å². The highest BCUT2D eigenvalue weighted by Crippen LogP contribution is 2.15. The summed E-state index contributed by atoms with van der Waals surface area (Å²) in [4.78, 5) is 22.2. The summed E-state index contributed by atoms with van der Waals surface area (Å²) in [6.07, 6.45) is -0.823. The Morgan fingerprint density at radius 1 is 1.44 bits per heavy atom. The summed E-state index contributed by atoms with van der Waals surface area (Å²) in [5, 5.41) is 3.11. The first-order valence-corrected chi connectivity index (χ1v) is 5.10. The smallest absolute Gasteiger partial charge is 0.303 e. The van der Waals surface area contributed by atoms with Crippen molar-refractivity contribution >= 4 is 29.2 Å². The molecule has 4 nitrogen and oxygen atoms in total. The number of hydrogen-bond acceptors (Lipinski definition) is 3. The van der Waals surface area contributed by atoms with Crippen LogP contribution in [0.1, 0.15) is 13.8 Å². The number of benzene rings is 1. The fourth-order valence-corrected chi connectivity index (χ4v) is 1.30. The van der Waals surface area contributed by atoms with Gasteiger partial charge in [0.15, 0.2) is 6.10 Å². The summed E-state index contributed by atoms with van der Waals surface area (Å²) in [5.74, 6) is -0.883. The highest BCUT2D eigenvalue weighted by atomic mass is 35.5. The Kier molecular flexibility index (Phi) is 4.31. The van der Waals surface area contributed by atoms with Gasteiger partial charge in [-0.05, 0) is 25.1 Å². The maximum atomic E-state index is 11.5. The average molecular weight is 242 g/mol. The third-order valence-corrected chi connectivity index (χ3v) is 2.04. The van der Waals surface area contributed by atoms with E-state index in [2.05, 4.69) is 5.32 Å². The third kappa shape index (κ3) is 3.90. The Morgan fingerprint density at radius 3 is 2.69 bits per heavy atom. The molecule has 0 aliphatic heterocycles.